The van der Waals surface area contributed by atoms with Gasteiger partial charge in [-0.25, -0.2) is 0 Å². The van der Waals surface area contributed by atoms with Crippen molar-refractivity contribution in [1.82, 2.24) is 5.32 Å². The van der Waals surface area contributed by atoms with Gasteiger partial charge in [0.2, 0.25) is 5.91 Å². The molecule has 0 aromatic rings. The van der Waals surface area contributed by atoms with Crippen molar-refractivity contribution >= 4 is 28.6 Å². The highest BCUT2D eigenvalue weighted by Gasteiger charge is 2.60. The largest absolute Gasteiger partial charge is 0.356 e. The Morgan fingerprint density at radius 1 is 1.16 bits per heavy atom. The number of fused-ring (bicyclic) bond motifs is 5. The van der Waals surface area contributed by atoms with E-state index in [1.165, 1.54) is 50.8 Å². The normalized spacial score (nSPS) is 42.3. The molecule has 4 nitrogen and oxygen atoms in total. The smallest absolute Gasteiger partial charge is 0.216 e. The summed E-state index contributed by atoms with van der Waals surface area (Å²) in [6, 6.07) is 0. The molecule has 0 aromatic heterocycles. The molecule has 0 bridgehead atoms. The van der Waals surface area contributed by atoms with Crippen LogP contribution in [0.5, 0.6) is 0 Å². The molecule has 0 saturated heterocycles. The lowest BCUT2D eigenvalue weighted by Gasteiger charge is -2.59. The Labute approximate surface area is 191 Å². The van der Waals surface area contributed by atoms with Crippen LogP contribution in [0.3, 0.4) is 0 Å². The highest BCUT2D eigenvalue weighted by Crippen LogP contribution is 2.67. The van der Waals surface area contributed by atoms with Crippen molar-refractivity contribution in [3.8, 4) is 0 Å². The van der Waals surface area contributed by atoms with Gasteiger partial charge in [0.05, 0.1) is 0 Å². The average Bonchev–Trinajstić information content (AvgIpc) is 3.08. The Kier molecular flexibility index (Phi) is 6.46. The second kappa shape index (κ2) is 8.68. The first-order valence-electron chi connectivity index (χ1n) is 12.3. The number of hydrogen-bond donors (Lipinski definition) is 1. The van der Waals surface area contributed by atoms with Crippen LogP contribution in [0.1, 0.15) is 72.6 Å². The first kappa shape index (κ1) is 23.1. The van der Waals surface area contributed by atoms with Gasteiger partial charge < -0.3 is 5.32 Å². The Hall–Kier alpha value is -1.10. The number of nitrogens with one attached hydrogen (secondary N) is 1. The number of thioether (sulfide) groups is 1. The van der Waals surface area contributed by atoms with E-state index in [2.05, 4.69) is 32.2 Å². The van der Waals surface area contributed by atoms with Crippen LogP contribution in [0.15, 0.2) is 12.2 Å². The van der Waals surface area contributed by atoms with E-state index in [9.17, 15) is 14.4 Å². The van der Waals surface area contributed by atoms with Crippen LogP contribution < -0.4 is 5.32 Å². The van der Waals surface area contributed by atoms with Gasteiger partial charge in [-0.3, -0.25) is 14.4 Å². The zero-order chi connectivity index (χ0) is 22.4. The van der Waals surface area contributed by atoms with Crippen LogP contribution in [0.4, 0.5) is 0 Å². The van der Waals surface area contributed by atoms with Gasteiger partial charge in [-0.05, 0) is 85.0 Å². The number of rotatable bonds is 5. The second-order valence-electron chi connectivity index (χ2n) is 11.2. The summed E-state index contributed by atoms with van der Waals surface area (Å²) < 4.78 is 0. The van der Waals surface area contributed by atoms with Gasteiger partial charge in [0.15, 0.2) is 10.9 Å². The number of hydrogen-bond acceptors (Lipinski definition) is 4. The summed E-state index contributed by atoms with van der Waals surface area (Å²) in [4.78, 5) is 36.0. The quantitative estimate of drug-likeness (QED) is 0.603. The maximum Gasteiger partial charge on any atom is 0.216 e. The van der Waals surface area contributed by atoms with Crippen molar-refractivity contribution in [2.45, 2.75) is 72.6 Å². The highest BCUT2D eigenvalue weighted by molar-refractivity contribution is 8.13. The molecule has 172 valence electrons. The van der Waals surface area contributed by atoms with E-state index in [1.807, 2.05) is 6.08 Å². The molecule has 3 fully saturated rings. The molecule has 1 unspecified atom stereocenters. The Morgan fingerprint density at radius 2 is 1.94 bits per heavy atom. The second-order valence-corrected chi connectivity index (χ2v) is 12.3. The van der Waals surface area contributed by atoms with Crippen molar-refractivity contribution in [2.75, 3.05) is 12.3 Å². The molecule has 0 heterocycles. The average molecular weight is 446 g/mol. The Balaban J connectivity index is 1.44. The lowest BCUT2D eigenvalue weighted by molar-refractivity contribution is -0.124. The highest BCUT2D eigenvalue weighted by atomic mass is 32.2. The van der Waals surface area contributed by atoms with Gasteiger partial charge in [0.25, 0.3) is 0 Å². The molecule has 4 aliphatic carbocycles. The molecule has 0 spiro atoms. The molecule has 31 heavy (non-hydrogen) atoms. The molecule has 3 saturated carbocycles. The van der Waals surface area contributed by atoms with Gasteiger partial charge in [0, 0.05) is 31.6 Å². The first-order valence-corrected chi connectivity index (χ1v) is 13.3. The third-order valence-electron chi connectivity index (χ3n) is 9.81. The van der Waals surface area contributed by atoms with Crippen molar-refractivity contribution in [2.24, 2.45) is 46.3 Å². The summed E-state index contributed by atoms with van der Waals surface area (Å²) >= 11 is 1.39. The van der Waals surface area contributed by atoms with Crippen molar-refractivity contribution < 1.29 is 14.4 Å². The van der Waals surface area contributed by atoms with E-state index in [0.717, 1.165) is 18.8 Å². The van der Waals surface area contributed by atoms with Gasteiger partial charge in [0.1, 0.15) is 0 Å². The molecule has 1 N–H and O–H groups in total. The summed E-state index contributed by atoms with van der Waals surface area (Å²) in [6.45, 7) is 9.12. The molecule has 8 atom stereocenters. The van der Waals surface area contributed by atoms with Gasteiger partial charge in [-0.2, -0.15) is 0 Å². The zero-order valence-electron chi connectivity index (χ0n) is 19.6. The summed E-state index contributed by atoms with van der Waals surface area (Å²) in [5.74, 6) is 4.12. The van der Waals surface area contributed by atoms with Gasteiger partial charge in [-0.15, -0.1) is 0 Å². The molecule has 0 radical (unpaired) electrons. The number of allylic oxidation sites excluding steroid dienone is 2. The fourth-order valence-corrected chi connectivity index (χ4v) is 9.00. The molecular formula is C26H39NO3S. The van der Waals surface area contributed by atoms with E-state index < -0.39 is 0 Å². The minimum Gasteiger partial charge on any atom is -0.356 e. The van der Waals surface area contributed by atoms with Crippen LogP contribution in [-0.4, -0.2) is 29.1 Å². The van der Waals surface area contributed by atoms with E-state index in [1.54, 1.807) is 0 Å². The van der Waals surface area contributed by atoms with E-state index in [0.29, 0.717) is 46.9 Å². The third-order valence-corrected chi connectivity index (χ3v) is 10.9. The first-order chi connectivity index (χ1) is 14.7. The van der Waals surface area contributed by atoms with Gasteiger partial charge in [-0.1, -0.05) is 38.6 Å². The Bertz CT molecular complexity index is 779. The lowest BCUT2D eigenvalue weighted by Crippen LogP contribution is -2.52. The van der Waals surface area contributed by atoms with Crippen LogP contribution in [-0.2, 0) is 14.4 Å². The molecule has 0 aliphatic heterocycles. The zero-order valence-corrected chi connectivity index (χ0v) is 20.4. The van der Waals surface area contributed by atoms with Crippen LogP contribution in [0, 0.1) is 46.3 Å². The lowest BCUT2D eigenvalue weighted by atomic mass is 9.45. The molecular weight excluding hydrogens is 406 g/mol. The molecule has 4 aliphatic rings. The molecule has 5 heteroatoms. The SMILES string of the molecule is CC(=O)NCCSC(=O)[C@@H](C)[C@H]1CC[C@H]2[C@@H]3CCC4CC(=O)C=C[C@]4(C)[C@H]3CC[C@]12C. The third kappa shape index (κ3) is 4.05. The molecule has 0 aromatic carbocycles. The predicted molar refractivity (Wildman–Crippen MR) is 125 cm³/mol. The monoisotopic (exact) mass is 445 g/mol. The number of ketones is 1. The standard InChI is InChI=1S/C26H39NO3S/c1-16(24(30)31-14-13-27-17(2)28)21-7-8-22-20-6-5-18-15-19(29)9-11-25(18,3)23(20)10-12-26(21,22)4/h9,11,16,18,20-23H,5-8,10,12-15H2,1-4H3,(H,27,28)/t16-,18?,20-,21+,22-,23-,25-,26+/m0/s1. The van der Waals surface area contributed by atoms with Crippen molar-refractivity contribution in [1.29, 1.82) is 0 Å². The van der Waals surface area contributed by atoms with E-state index >= 15 is 0 Å². The maximum atomic E-state index is 13.0. The topological polar surface area (TPSA) is 63.2 Å². The Morgan fingerprint density at radius 3 is 2.68 bits per heavy atom. The molecule has 4 rings (SSSR count). The van der Waals surface area contributed by atoms with Gasteiger partial charge >= 0.3 is 0 Å². The van der Waals surface area contributed by atoms with Crippen molar-refractivity contribution in [3.63, 3.8) is 0 Å². The fourth-order valence-electron chi connectivity index (χ4n) is 8.17. The summed E-state index contributed by atoms with van der Waals surface area (Å²) in [5, 5.41) is 3.08. The number of amides is 1. The minimum atomic E-state index is -0.0374. The van der Waals surface area contributed by atoms with Crippen LogP contribution >= 0.6 is 11.8 Å². The van der Waals surface area contributed by atoms with Crippen LogP contribution in [0.2, 0.25) is 0 Å². The van der Waals surface area contributed by atoms with Crippen LogP contribution in [0.25, 0.3) is 0 Å². The fraction of sp³-hybridized carbons (Fsp3) is 0.808. The van der Waals surface area contributed by atoms with Crippen molar-refractivity contribution in [3.05, 3.63) is 12.2 Å². The number of carbonyl (C=O) groups excluding carboxylic acids is 3. The molecule has 1 amide bonds. The van der Waals surface area contributed by atoms with E-state index in [4.69, 9.17) is 0 Å². The summed E-state index contributed by atoms with van der Waals surface area (Å²) in [5.41, 5.74) is 0.434. The van der Waals surface area contributed by atoms with E-state index in [-0.39, 0.29) is 22.7 Å². The maximum absolute atomic E-state index is 13.0. The predicted octanol–water partition coefficient (Wildman–Crippen LogP) is 5.02. The minimum absolute atomic E-state index is 0.0374. The summed E-state index contributed by atoms with van der Waals surface area (Å²) in [7, 11) is 0. The number of carbonyl (C=O) groups is 3. The summed E-state index contributed by atoms with van der Waals surface area (Å²) in [6.07, 6.45) is 12.2.